The lowest BCUT2D eigenvalue weighted by Gasteiger charge is -2.16. The molecule has 23 heavy (non-hydrogen) atoms. The van der Waals surface area contributed by atoms with Crippen molar-refractivity contribution in [2.24, 2.45) is 0 Å². The number of rotatable bonds is 5. The number of nitrogens with one attached hydrogen (secondary N) is 3. The van der Waals surface area contributed by atoms with Gasteiger partial charge < -0.3 is 10.1 Å². The molecule has 1 heterocycles. The van der Waals surface area contributed by atoms with Gasteiger partial charge in [0.05, 0.1) is 6.04 Å². The second-order valence-electron chi connectivity index (χ2n) is 4.91. The third-order valence-electron chi connectivity index (χ3n) is 3.13. The molecule has 2 rings (SSSR count). The predicted molar refractivity (Wildman–Crippen MR) is 77.9 cm³/mol. The van der Waals surface area contributed by atoms with E-state index in [1.807, 2.05) is 0 Å². The highest BCUT2D eigenvalue weighted by Gasteiger charge is 2.18. The number of esters is 1. The number of hydrogen-bond acceptors (Lipinski definition) is 5. The minimum absolute atomic E-state index is 0.0607. The Kier molecular flexibility index (Phi) is 5.29. The predicted octanol–water partition coefficient (Wildman–Crippen LogP) is 0.455. The summed E-state index contributed by atoms with van der Waals surface area (Å²) >= 11 is 0. The van der Waals surface area contributed by atoms with Crippen LogP contribution in [0.15, 0.2) is 36.0 Å². The third kappa shape index (κ3) is 4.80. The quantitative estimate of drug-likeness (QED) is 0.685. The van der Waals surface area contributed by atoms with Crippen LogP contribution < -0.4 is 16.2 Å². The summed E-state index contributed by atoms with van der Waals surface area (Å²) in [6.45, 7) is 1.27. The van der Waals surface area contributed by atoms with E-state index in [1.165, 1.54) is 18.2 Å². The van der Waals surface area contributed by atoms with Gasteiger partial charge in [-0.3, -0.25) is 20.4 Å². The van der Waals surface area contributed by atoms with Crippen LogP contribution >= 0.6 is 0 Å². The first-order valence-electron chi connectivity index (χ1n) is 6.92. The summed E-state index contributed by atoms with van der Waals surface area (Å²) in [7, 11) is 0. The maximum Gasteiger partial charge on any atom is 0.356 e. The summed E-state index contributed by atoms with van der Waals surface area (Å²) in [6.07, 6.45) is 1.44. The Hall–Kier alpha value is -2.90. The van der Waals surface area contributed by atoms with Crippen molar-refractivity contribution in [2.75, 3.05) is 6.61 Å². The molecule has 0 unspecified atom stereocenters. The highest BCUT2D eigenvalue weighted by atomic mass is 19.1. The molecule has 0 bridgehead atoms. The monoisotopic (exact) mass is 321 g/mol. The van der Waals surface area contributed by atoms with Gasteiger partial charge in [0.1, 0.15) is 11.5 Å². The topological polar surface area (TPSA) is 96.5 Å². The molecule has 2 amide bonds. The molecule has 8 heteroatoms. The van der Waals surface area contributed by atoms with Crippen LogP contribution in [0.2, 0.25) is 0 Å². The highest BCUT2D eigenvalue weighted by molar-refractivity contribution is 5.92. The molecule has 0 spiro atoms. The van der Waals surface area contributed by atoms with Crippen LogP contribution in [0.4, 0.5) is 4.39 Å². The zero-order valence-electron chi connectivity index (χ0n) is 12.4. The van der Waals surface area contributed by atoms with Gasteiger partial charge >= 0.3 is 5.97 Å². The fourth-order valence-corrected chi connectivity index (χ4v) is 1.90. The zero-order chi connectivity index (χ0) is 16.8. The molecule has 0 fully saturated rings. The van der Waals surface area contributed by atoms with Crippen molar-refractivity contribution in [3.05, 3.63) is 47.4 Å². The molecular formula is C15H16FN3O4. The summed E-state index contributed by atoms with van der Waals surface area (Å²) in [5.74, 6) is -1.86. The van der Waals surface area contributed by atoms with Gasteiger partial charge in [0.25, 0.3) is 5.91 Å². The Morgan fingerprint density at radius 2 is 2.00 bits per heavy atom. The van der Waals surface area contributed by atoms with Gasteiger partial charge in [0.2, 0.25) is 5.91 Å². The zero-order valence-corrected chi connectivity index (χ0v) is 12.4. The number of benzene rings is 1. The van der Waals surface area contributed by atoms with Crippen molar-refractivity contribution in [3.8, 4) is 0 Å². The van der Waals surface area contributed by atoms with Crippen LogP contribution in [0.5, 0.6) is 0 Å². The minimum Gasteiger partial charge on any atom is -0.451 e. The van der Waals surface area contributed by atoms with Crippen molar-refractivity contribution in [3.63, 3.8) is 0 Å². The molecule has 122 valence electrons. The van der Waals surface area contributed by atoms with Crippen molar-refractivity contribution in [2.45, 2.75) is 19.4 Å². The maximum atomic E-state index is 12.8. The number of hydrogen-bond donors (Lipinski definition) is 3. The van der Waals surface area contributed by atoms with E-state index in [4.69, 9.17) is 4.74 Å². The summed E-state index contributed by atoms with van der Waals surface area (Å²) in [4.78, 5) is 34.4. The number of ether oxygens (including phenoxy) is 1. The van der Waals surface area contributed by atoms with Crippen LogP contribution in [0.3, 0.4) is 0 Å². The first kappa shape index (κ1) is 16.5. The van der Waals surface area contributed by atoms with Gasteiger partial charge in [-0.25, -0.2) is 9.18 Å². The van der Waals surface area contributed by atoms with Crippen LogP contribution in [0.1, 0.15) is 24.9 Å². The van der Waals surface area contributed by atoms with Crippen LogP contribution in [0.25, 0.3) is 0 Å². The van der Waals surface area contributed by atoms with Crippen molar-refractivity contribution in [1.29, 1.82) is 0 Å². The van der Waals surface area contributed by atoms with E-state index in [1.54, 1.807) is 19.1 Å². The fraction of sp³-hybridized carbons (Fsp3) is 0.267. The second-order valence-corrected chi connectivity index (χ2v) is 4.91. The average molecular weight is 321 g/mol. The summed E-state index contributed by atoms with van der Waals surface area (Å²) in [6, 6.07) is 5.37. The van der Waals surface area contributed by atoms with Gasteiger partial charge in [-0.1, -0.05) is 12.1 Å². The molecule has 3 N–H and O–H groups in total. The molecule has 1 aromatic carbocycles. The molecule has 1 aromatic rings. The Balaban J connectivity index is 1.79. The molecule has 1 aliphatic rings. The number of carbonyl (C=O) groups is 3. The standard InChI is InChI=1S/C15H16FN3O4/c1-9(10-2-4-11(16)5-3-10)17-14(21)8-23-15(22)12-6-7-13(20)19-18-12/h2-6,9,18H,7-8H2,1H3,(H,17,21)(H,19,20)/t9-/m1/s1. The van der Waals surface area contributed by atoms with Crippen LogP contribution in [-0.2, 0) is 19.1 Å². The van der Waals surface area contributed by atoms with E-state index < -0.39 is 18.5 Å². The van der Waals surface area contributed by atoms with Crippen molar-refractivity contribution >= 4 is 17.8 Å². The van der Waals surface area contributed by atoms with Gasteiger partial charge in [-0.2, -0.15) is 0 Å². The molecule has 0 aromatic heterocycles. The lowest BCUT2D eigenvalue weighted by Crippen LogP contribution is -2.43. The summed E-state index contributed by atoms with van der Waals surface area (Å²) in [5, 5.41) is 2.63. The normalized spacial score (nSPS) is 14.9. The summed E-state index contributed by atoms with van der Waals surface area (Å²) < 4.78 is 17.7. The van der Waals surface area contributed by atoms with E-state index >= 15 is 0 Å². The minimum atomic E-state index is -0.741. The third-order valence-corrected chi connectivity index (χ3v) is 3.13. The molecule has 0 saturated heterocycles. The Bertz CT molecular complexity index is 643. The molecule has 0 saturated carbocycles. The van der Waals surface area contributed by atoms with Gasteiger partial charge in [0.15, 0.2) is 6.61 Å². The van der Waals surface area contributed by atoms with E-state index in [9.17, 15) is 18.8 Å². The number of halogens is 1. The highest BCUT2D eigenvalue weighted by Crippen LogP contribution is 2.12. The lowest BCUT2D eigenvalue weighted by atomic mass is 10.1. The largest absolute Gasteiger partial charge is 0.451 e. The van der Waals surface area contributed by atoms with Gasteiger partial charge in [0, 0.05) is 6.42 Å². The molecule has 1 atom stereocenters. The van der Waals surface area contributed by atoms with Crippen LogP contribution in [0, 0.1) is 5.82 Å². The SMILES string of the molecule is C[C@@H](NC(=O)COC(=O)C1=CCC(=O)NN1)c1ccc(F)cc1. The fourth-order valence-electron chi connectivity index (χ4n) is 1.90. The Morgan fingerprint density at radius 3 is 2.61 bits per heavy atom. The molecular weight excluding hydrogens is 305 g/mol. The summed E-state index contributed by atoms with van der Waals surface area (Å²) in [5.41, 5.74) is 5.45. The number of carbonyl (C=O) groups excluding carboxylic acids is 3. The molecule has 1 aliphatic heterocycles. The molecule has 0 aliphatic carbocycles. The smallest absolute Gasteiger partial charge is 0.356 e. The van der Waals surface area contributed by atoms with Gasteiger partial charge in [-0.15, -0.1) is 0 Å². The van der Waals surface area contributed by atoms with Crippen molar-refractivity contribution in [1.82, 2.24) is 16.2 Å². The maximum absolute atomic E-state index is 12.8. The second kappa shape index (κ2) is 7.39. The molecule has 7 nitrogen and oxygen atoms in total. The number of amides is 2. The van der Waals surface area contributed by atoms with Crippen molar-refractivity contribution < 1.29 is 23.5 Å². The number of hydrazine groups is 1. The Labute approximate surface area is 131 Å². The lowest BCUT2D eigenvalue weighted by molar-refractivity contribution is -0.145. The van der Waals surface area contributed by atoms with Gasteiger partial charge in [-0.05, 0) is 30.7 Å². The average Bonchev–Trinajstić information content (AvgIpc) is 2.54. The van der Waals surface area contributed by atoms with E-state index in [0.29, 0.717) is 0 Å². The van der Waals surface area contributed by atoms with E-state index in [2.05, 4.69) is 16.2 Å². The van der Waals surface area contributed by atoms with E-state index in [0.717, 1.165) is 5.56 Å². The first-order valence-corrected chi connectivity index (χ1v) is 6.92. The Morgan fingerprint density at radius 1 is 1.30 bits per heavy atom. The first-order chi connectivity index (χ1) is 11.0. The van der Waals surface area contributed by atoms with Crippen LogP contribution in [-0.4, -0.2) is 24.4 Å². The molecule has 0 radical (unpaired) electrons. The van der Waals surface area contributed by atoms with E-state index in [-0.39, 0.29) is 29.9 Å².